The summed E-state index contributed by atoms with van der Waals surface area (Å²) in [5.41, 5.74) is 1.09. The van der Waals surface area contributed by atoms with E-state index in [9.17, 15) is 14.7 Å². The highest BCUT2D eigenvalue weighted by molar-refractivity contribution is 5.89. The first-order valence-electron chi connectivity index (χ1n) is 9.76. The zero-order chi connectivity index (χ0) is 19.9. The summed E-state index contributed by atoms with van der Waals surface area (Å²) in [7, 11) is 0. The molecule has 1 atom stereocenters. The van der Waals surface area contributed by atoms with Gasteiger partial charge in [0.25, 0.3) is 5.56 Å². The number of nitrogens with zero attached hydrogens (tertiary/aromatic N) is 3. The van der Waals surface area contributed by atoms with Crippen LogP contribution in [0.25, 0.3) is 0 Å². The molecule has 1 aliphatic heterocycles. The molecular weight excluding hydrogens is 356 g/mol. The Morgan fingerprint density at radius 3 is 2.50 bits per heavy atom. The third-order valence-electron chi connectivity index (χ3n) is 5.06. The molecule has 0 unspecified atom stereocenters. The Bertz CT molecular complexity index is 829. The maximum Gasteiger partial charge on any atom is 0.322 e. The van der Waals surface area contributed by atoms with Gasteiger partial charge in [0.15, 0.2) is 0 Å². The summed E-state index contributed by atoms with van der Waals surface area (Å²) in [6.07, 6.45) is 2.13. The van der Waals surface area contributed by atoms with Crippen LogP contribution in [0.2, 0.25) is 0 Å². The normalized spacial score (nSPS) is 16.0. The minimum atomic E-state index is -0.326. The second-order valence-corrected chi connectivity index (χ2v) is 7.12. The minimum absolute atomic E-state index is 0.218. The van der Waals surface area contributed by atoms with E-state index < -0.39 is 0 Å². The van der Waals surface area contributed by atoms with E-state index in [1.165, 1.54) is 0 Å². The first kappa shape index (κ1) is 20.1. The quantitative estimate of drug-likeness (QED) is 0.796. The van der Waals surface area contributed by atoms with Crippen LogP contribution in [0.3, 0.4) is 0 Å². The lowest BCUT2D eigenvalue weighted by Crippen LogP contribution is -2.51. The van der Waals surface area contributed by atoms with Gasteiger partial charge in [0, 0.05) is 38.9 Å². The minimum Gasteiger partial charge on any atom is -0.392 e. The molecule has 3 rings (SSSR count). The van der Waals surface area contributed by atoms with Gasteiger partial charge in [0.05, 0.1) is 12.6 Å². The van der Waals surface area contributed by atoms with Crippen LogP contribution in [0, 0.1) is 0 Å². The molecule has 7 nitrogen and oxygen atoms in total. The second kappa shape index (κ2) is 9.52. The van der Waals surface area contributed by atoms with E-state index in [4.69, 9.17) is 0 Å². The van der Waals surface area contributed by atoms with Crippen LogP contribution < -0.4 is 10.9 Å². The van der Waals surface area contributed by atoms with Crippen LogP contribution in [-0.2, 0) is 6.54 Å². The summed E-state index contributed by atoms with van der Waals surface area (Å²) in [6, 6.07) is 12.9. The molecule has 0 aliphatic carbocycles. The fraction of sp³-hybridized carbons (Fsp3) is 0.429. The number of carbonyl (C=O) groups is 1. The number of benzene rings is 1. The molecule has 7 heteroatoms. The van der Waals surface area contributed by atoms with Gasteiger partial charge in [-0.05, 0) is 24.1 Å². The Morgan fingerprint density at radius 2 is 1.82 bits per heavy atom. The number of aliphatic hydroxyl groups excluding tert-OH is 1. The molecule has 2 aromatic rings. The largest absolute Gasteiger partial charge is 0.392 e. The maximum absolute atomic E-state index is 12.7. The van der Waals surface area contributed by atoms with Crippen molar-refractivity contribution in [3.05, 3.63) is 64.6 Å². The van der Waals surface area contributed by atoms with Crippen molar-refractivity contribution in [1.29, 1.82) is 0 Å². The lowest BCUT2D eigenvalue weighted by molar-refractivity contribution is 0.0812. The van der Waals surface area contributed by atoms with Crippen molar-refractivity contribution in [3.8, 4) is 0 Å². The topological polar surface area (TPSA) is 77.8 Å². The van der Waals surface area contributed by atoms with E-state index in [1.54, 1.807) is 27.8 Å². The molecule has 2 heterocycles. The lowest BCUT2D eigenvalue weighted by atomic mass is 10.2. The predicted octanol–water partition coefficient (Wildman–Crippen LogP) is 1.82. The summed E-state index contributed by atoms with van der Waals surface area (Å²) in [5, 5.41) is 12.5. The van der Waals surface area contributed by atoms with Crippen molar-refractivity contribution in [1.82, 2.24) is 14.4 Å². The van der Waals surface area contributed by atoms with Gasteiger partial charge in [-0.2, -0.15) is 0 Å². The number of hydrogen-bond acceptors (Lipinski definition) is 4. The monoisotopic (exact) mass is 384 g/mol. The van der Waals surface area contributed by atoms with E-state index in [2.05, 4.69) is 10.2 Å². The van der Waals surface area contributed by atoms with Crippen molar-refractivity contribution in [3.63, 3.8) is 0 Å². The molecule has 1 aromatic heterocycles. The molecule has 1 aliphatic rings. The Balaban J connectivity index is 1.59. The molecule has 0 saturated carbocycles. The second-order valence-electron chi connectivity index (χ2n) is 7.12. The molecular formula is C21H28N4O3. The van der Waals surface area contributed by atoms with Gasteiger partial charge < -0.3 is 19.9 Å². The highest BCUT2D eigenvalue weighted by Crippen LogP contribution is 2.08. The van der Waals surface area contributed by atoms with E-state index in [0.29, 0.717) is 26.2 Å². The van der Waals surface area contributed by atoms with Crippen molar-refractivity contribution in [2.45, 2.75) is 26.0 Å². The third kappa shape index (κ3) is 5.21. The van der Waals surface area contributed by atoms with Gasteiger partial charge in [-0.15, -0.1) is 0 Å². The number of aliphatic hydroxyl groups is 1. The number of β-amino-alcohol motifs (C(OH)–C–C–N with tert-alkyl or cyclic N) is 1. The predicted molar refractivity (Wildman–Crippen MR) is 110 cm³/mol. The van der Waals surface area contributed by atoms with Crippen molar-refractivity contribution in [2.75, 3.05) is 38.0 Å². The van der Waals surface area contributed by atoms with Gasteiger partial charge >= 0.3 is 6.03 Å². The van der Waals surface area contributed by atoms with Gasteiger partial charge in [0.1, 0.15) is 5.69 Å². The summed E-state index contributed by atoms with van der Waals surface area (Å²) in [6.45, 7) is 5.64. The number of urea groups is 1. The van der Waals surface area contributed by atoms with Crippen molar-refractivity contribution >= 4 is 11.7 Å². The number of aromatic nitrogens is 1. The number of piperazine rings is 1. The molecule has 1 saturated heterocycles. The molecule has 1 aromatic carbocycles. The van der Waals surface area contributed by atoms with Crippen LogP contribution in [0.15, 0.2) is 53.5 Å². The Labute approximate surface area is 165 Å². The van der Waals surface area contributed by atoms with E-state index in [0.717, 1.165) is 25.1 Å². The van der Waals surface area contributed by atoms with Crippen LogP contribution in [0.4, 0.5) is 10.5 Å². The maximum atomic E-state index is 12.7. The summed E-state index contributed by atoms with van der Waals surface area (Å²) >= 11 is 0. The Hall–Kier alpha value is -2.64. The average molecular weight is 384 g/mol. The van der Waals surface area contributed by atoms with E-state index >= 15 is 0 Å². The van der Waals surface area contributed by atoms with E-state index in [1.807, 2.05) is 37.3 Å². The van der Waals surface area contributed by atoms with Crippen LogP contribution in [-0.4, -0.2) is 64.3 Å². The molecule has 2 N–H and O–H groups in total. The van der Waals surface area contributed by atoms with Crippen LogP contribution in [0.1, 0.15) is 18.9 Å². The number of rotatable bonds is 6. The average Bonchev–Trinajstić information content (AvgIpc) is 2.72. The molecule has 0 bridgehead atoms. The number of anilines is 1. The SMILES string of the molecule is CC[C@@H](O)CN1CCN(C(=O)Nc2cccn(Cc3ccccc3)c2=O)CC1. The molecule has 0 radical (unpaired) electrons. The molecule has 2 amide bonds. The first-order valence-corrected chi connectivity index (χ1v) is 9.76. The molecule has 28 heavy (non-hydrogen) atoms. The Morgan fingerprint density at radius 1 is 1.11 bits per heavy atom. The highest BCUT2D eigenvalue weighted by Gasteiger charge is 2.22. The number of pyridine rings is 1. The number of hydrogen-bond donors (Lipinski definition) is 2. The van der Waals surface area contributed by atoms with Crippen molar-refractivity contribution in [2.24, 2.45) is 0 Å². The van der Waals surface area contributed by atoms with Gasteiger partial charge in [-0.25, -0.2) is 4.79 Å². The number of nitrogens with one attached hydrogen (secondary N) is 1. The number of amides is 2. The lowest BCUT2D eigenvalue weighted by Gasteiger charge is -2.35. The summed E-state index contributed by atoms with van der Waals surface area (Å²) in [5.74, 6) is 0. The zero-order valence-corrected chi connectivity index (χ0v) is 16.3. The van der Waals surface area contributed by atoms with Gasteiger partial charge in [-0.3, -0.25) is 9.69 Å². The van der Waals surface area contributed by atoms with Crippen LogP contribution in [0.5, 0.6) is 0 Å². The fourth-order valence-electron chi connectivity index (χ4n) is 3.29. The highest BCUT2D eigenvalue weighted by atomic mass is 16.3. The summed E-state index contributed by atoms with van der Waals surface area (Å²) in [4.78, 5) is 29.1. The summed E-state index contributed by atoms with van der Waals surface area (Å²) < 4.78 is 1.59. The van der Waals surface area contributed by atoms with E-state index in [-0.39, 0.29) is 23.4 Å². The van der Waals surface area contributed by atoms with Gasteiger partial charge in [0.2, 0.25) is 0 Å². The first-order chi connectivity index (χ1) is 13.6. The van der Waals surface area contributed by atoms with Gasteiger partial charge in [-0.1, -0.05) is 37.3 Å². The fourth-order valence-corrected chi connectivity index (χ4v) is 3.29. The smallest absolute Gasteiger partial charge is 0.322 e. The molecule has 0 spiro atoms. The molecule has 1 fully saturated rings. The number of carbonyl (C=O) groups excluding carboxylic acids is 1. The molecule has 150 valence electrons. The third-order valence-corrected chi connectivity index (χ3v) is 5.06. The van der Waals surface area contributed by atoms with Crippen molar-refractivity contribution < 1.29 is 9.90 Å². The Kier molecular flexibility index (Phi) is 6.84. The standard InChI is InChI=1S/C21H28N4O3/c1-2-18(26)16-23-11-13-24(14-12-23)21(28)22-19-9-6-10-25(20(19)27)15-17-7-4-3-5-8-17/h3-10,18,26H,2,11-16H2,1H3,(H,22,28)/t18-/m1/s1. The van der Waals surface area contributed by atoms with Crippen LogP contribution >= 0.6 is 0 Å². The zero-order valence-electron chi connectivity index (χ0n) is 16.3.